The number of rotatable bonds is 8. The quantitative estimate of drug-likeness (QED) is 0.634. The van der Waals surface area contributed by atoms with Crippen LogP contribution >= 0.6 is 0 Å². The van der Waals surface area contributed by atoms with Gasteiger partial charge in [0.2, 0.25) is 6.41 Å². The Kier molecular flexibility index (Phi) is 8.34. The van der Waals surface area contributed by atoms with Gasteiger partial charge in [0.05, 0.1) is 18.0 Å². The molecule has 0 spiro atoms. The summed E-state index contributed by atoms with van der Waals surface area (Å²) in [6.45, 7) is 6.45. The molecular formula is C23H36N4O3. The monoisotopic (exact) mass is 416 g/mol. The van der Waals surface area contributed by atoms with Gasteiger partial charge in [-0.2, -0.15) is 0 Å². The van der Waals surface area contributed by atoms with E-state index >= 15 is 0 Å². The largest absolute Gasteiger partial charge is 0.447 e. The number of anilines is 2. The van der Waals surface area contributed by atoms with Gasteiger partial charge in [-0.15, -0.1) is 0 Å². The normalized spacial score (nSPS) is 20.1. The Morgan fingerprint density at radius 3 is 2.73 bits per heavy atom. The molecule has 0 bridgehead atoms. The molecule has 30 heavy (non-hydrogen) atoms. The number of amides is 2. The summed E-state index contributed by atoms with van der Waals surface area (Å²) in [5, 5.41) is 2.70. The van der Waals surface area contributed by atoms with Crippen molar-refractivity contribution < 1.29 is 14.3 Å². The lowest BCUT2D eigenvalue weighted by atomic mass is 9.92. The van der Waals surface area contributed by atoms with E-state index < -0.39 is 6.09 Å². The number of hydrogen-bond acceptors (Lipinski definition) is 5. The summed E-state index contributed by atoms with van der Waals surface area (Å²) in [7, 11) is 0. The lowest BCUT2D eigenvalue weighted by molar-refractivity contribution is -0.121. The number of ether oxygens (including phenoxy) is 1. The number of carbonyl (C=O) groups excluding carboxylic acids is 2. The predicted octanol–water partition coefficient (Wildman–Crippen LogP) is 4.44. The van der Waals surface area contributed by atoms with E-state index in [9.17, 15) is 9.59 Å². The van der Waals surface area contributed by atoms with Crippen molar-refractivity contribution in [2.45, 2.75) is 77.4 Å². The number of nitrogens with zero attached hydrogens (tertiary/aromatic N) is 3. The molecule has 1 N–H and O–H groups in total. The zero-order chi connectivity index (χ0) is 21.3. The van der Waals surface area contributed by atoms with Crippen LogP contribution in [0.2, 0.25) is 0 Å². The molecule has 2 aliphatic rings. The van der Waals surface area contributed by atoms with Crippen LogP contribution in [-0.2, 0) is 9.53 Å². The summed E-state index contributed by atoms with van der Waals surface area (Å²) in [5.74, 6) is 1.51. The van der Waals surface area contributed by atoms with Gasteiger partial charge in [0.25, 0.3) is 0 Å². The summed E-state index contributed by atoms with van der Waals surface area (Å²) < 4.78 is 5.10. The molecule has 7 heteroatoms. The highest BCUT2D eigenvalue weighted by Crippen LogP contribution is 2.26. The van der Waals surface area contributed by atoms with Gasteiger partial charge in [0.1, 0.15) is 5.82 Å². The summed E-state index contributed by atoms with van der Waals surface area (Å²) in [6.07, 6.45) is 11.6. The number of pyridine rings is 1. The second-order valence-electron chi connectivity index (χ2n) is 8.86. The van der Waals surface area contributed by atoms with Gasteiger partial charge < -0.3 is 14.5 Å². The minimum atomic E-state index is -0.463. The van der Waals surface area contributed by atoms with E-state index in [0.717, 1.165) is 57.5 Å². The molecule has 1 unspecified atom stereocenters. The molecule has 1 saturated heterocycles. The van der Waals surface area contributed by atoms with Crippen molar-refractivity contribution >= 4 is 24.0 Å². The Bertz CT molecular complexity index is 674. The third-order valence-corrected chi connectivity index (χ3v) is 6.15. The Morgan fingerprint density at radius 2 is 2.07 bits per heavy atom. The Hall–Kier alpha value is -2.31. The van der Waals surface area contributed by atoms with E-state index in [1.807, 2.05) is 30.9 Å². The molecule has 3 rings (SSSR count). The molecule has 1 aliphatic heterocycles. The van der Waals surface area contributed by atoms with Crippen LogP contribution < -0.4 is 10.2 Å². The molecule has 2 amide bonds. The van der Waals surface area contributed by atoms with Gasteiger partial charge in [-0.05, 0) is 64.0 Å². The first kappa shape index (κ1) is 22.4. The molecule has 7 nitrogen and oxygen atoms in total. The second-order valence-corrected chi connectivity index (χ2v) is 8.86. The average molecular weight is 417 g/mol. The van der Waals surface area contributed by atoms with Crippen LogP contribution in [0.4, 0.5) is 16.3 Å². The van der Waals surface area contributed by atoms with Crippen LogP contribution in [0.1, 0.15) is 65.2 Å². The SMILES string of the molecule is CC(C)OC(=O)Nc1ccc(N2CCCC(CCN(C=O)C3CCCCC3)C2)nc1. The minimum Gasteiger partial charge on any atom is -0.447 e. The molecule has 1 aromatic heterocycles. The standard InChI is InChI=1S/C23H36N4O3/c1-18(2)30-23(29)25-20-10-11-22(24-15-20)26-13-6-7-19(16-26)12-14-27(17-28)21-8-4-3-5-9-21/h10-11,15,17-19,21H,3-9,12-14,16H2,1-2H3,(H,25,29). The van der Waals surface area contributed by atoms with Crippen LogP contribution in [0.5, 0.6) is 0 Å². The number of carbonyl (C=O) groups is 2. The number of piperidine rings is 1. The van der Waals surface area contributed by atoms with Gasteiger partial charge in [0.15, 0.2) is 0 Å². The highest BCUT2D eigenvalue weighted by molar-refractivity contribution is 5.84. The summed E-state index contributed by atoms with van der Waals surface area (Å²) in [4.78, 5) is 32.2. The molecule has 2 fully saturated rings. The van der Waals surface area contributed by atoms with Crippen LogP contribution in [-0.4, -0.2) is 54.2 Å². The maximum absolute atomic E-state index is 11.7. The van der Waals surface area contributed by atoms with Crippen molar-refractivity contribution in [3.05, 3.63) is 18.3 Å². The third kappa shape index (κ3) is 6.61. The smallest absolute Gasteiger partial charge is 0.411 e. The zero-order valence-electron chi connectivity index (χ0n) is 18.4. The molecular weight excluding hydrogens is 380 g/mol. The Labute approximate surface area is 180 Å². The van der Waals surface area contributed by atoms with Crippen molar-refractivity contribution in [2.75, 3.05) is 29.9 Å². The molecule has 1 saturated carbocycles. The predicted molar refractivity (Wildman–Crippen MR) is 119 cm³/mol. The fourth-order valence-corrected chi connectivity index (χ4v) is 4.58. The Balaban J connectivity index is 1.49. The summed E-state index contributed by atoms with van der Waals surface area (Å²) in [6, 6.07) is 4.26. The fourth-order valence-electron chi connectivity index (χ4n) is 4.58. The maximum atomic E-state index is 11.7. The van der Waals surface area contributed by atoms with Crippen molar-refractivity contribution in [2.24, 2.45) is 5.92 Å². The highest BCUT2D eigenvalue weighted by atomic mass is 16.6. The molecule has 1 atom stereocenters. The molecule has 1 aromatic rings. The van der Waals surface area contributed by atoms with E-state index in [-0.39, 0.29) is 6.10 Å². The van der Waals surface area contributed by atoms with Gasteiger partial charge in [-0.25, -0.2) is 9.78 Å². The average Bonchev–Trinajstić information content (AvgIpc) is 2.75. The molecule has 2 heterocycles. The fraction of sp³-hybridized carbons (Fsp3) is 0.696. The van der Waals surface area contributed by atoms with E-state index in [1.54, 1.807) is 6.20 Å². The van der Waals surface area contributed by atoms with Gasteiger partial charge in [-0.3, -0.25) is 10.1 Å². The Morgan fingerprint density at radius 1 is 1.27 bits per heavy atom. The van der Waals surface area contributed by atoms with Crippen molar-refractivity contribution in [1.82, 2.24) is 9.88 Å². The summed E-state index contributed by atoms with van der Waals surface area (Å²) >= 11 is 0. The lowest BCUT2D eigenvalue weighted by Gasteiger charge is -2.36. The lowest BCUT2D eigenvalue weighted by Crippen LogP contribution is -2.40. The van der Waals surface area contributed by atoms with Crippen molar-refractivity contribution in [3.63, 3.8) is 0 Å². The van der Waals surface area contributed by atoms with Crippen molar-refractivity contribution in [3.8, 4) is 0 Å². The van der Waals surface area contributed by atoms with Crippen LogP contribution in [0.25, 0.3) is 0 Å². The van der Waals surface area contributed by atoms with E-state index in [4.69, 9.17) is 4.74 Å². The first-order valence-electron chi connectivity index (χ1n) is 11.4. The molecule has 1 aliphatic carbocycles. The second kappa shape index (κ2) is 11.2. The molecule has 0 aromatic carbocycles. The van der Waals surface area contributed by atoms with E-state index in [0.29, 0.717) is 17.6 Å². The molecule has 166 valence electrons. The van der Waals surface area contributed by atoms with E-state index in [2.05, 4.69) is 15.2 Å². The van der Waals surface area contributed by atoms with Crippen LogP contribution in [0, 0.1) is 5.92 Å². The van der Waals surface area contributed by atoms with Gasteiger partial charge >= 0.3 is 6.09 Å². The first-order valence-corrected chi connectivity index (χ1v) is 11.4. The third-order valence-electron chi connectivity index (χ3n) is 6.15. The molecule has 0 radical (unpaired) electrons. The van der Waals surface area contributed by atoms with Crippen LogP contribution in [0.15, 0.2) is 18.3 Å². The van der Waals surface area contributed by atoms with E-state index in [1.165, 1.54) is 25.7 Å². The van der Waals surface area contributed by atoms with Gasteiger partial charge in [0, 0.05) is 25.7 Å². The first-order chi connectivity index (χ1) is 14.5. The number of nitrogens with one attached hydrogen (secondary N) is 1. The minimum absolute atomic E-state index is 0.157. The number of aromatic nitrogens is 1. The highest BCUT2D eigenvalue weighted by Gasteiger charge is 2.24. The topological polar surface area (TPSA) is 74.8 Å². The zero-order valence-corrected chi connectivity index (χ0v) is 18.4. The van der Waals surface area contributed by atoms with Crippen molar-refractivity contribution in [1.29, 1.82) is 0 Å². The van der Waals surface area contributed by atoms with Gasteiger partial charge in [-0.1, -0.05) is 19.3 Å². The number of hydrogen-bond donors (Lipinski definition) is 1. The summed E-state index contributed by atoms with van der Waals surface area (Å²) in [5.41, 5.74) is 0.632. The maximum Gasteiger partial charge on any atom is 0.411 e. The van der Waals surface area contributed by atoms with Crippen LogP contribution in [0.3, 0.4) is 0 Å².